The summed E-state index contributed by atoms with van der Waals surface area (Å²) in [6.45, 7) is 1.90. The van der Waals surface area contributed by atoms with Gasteiger partial charge in [0.2, 0.25) is 0 Å². The fourth-order valence-corrected chi connectivity index (χ4v) is 4.23. The fraction of sp³-hybridized carbons (Fsp3) is 0.550. The van der Waals surface area contributed by atoms with Crippen LogP contribution in [-0.2, 0) is 18.9 Å². The van der Waals surface area contributed by atoms with Crippen molar-refractivity contribution in [2.24, 2.45) is 7.05 Å². The number of imidazole rings is 1. The lowest BCUT2D eigenvalue weighted by Gasteiger charge is -2.32. The van der Waals surface area contributed by atoms with E-state index in [1.54, 1.807) is 26.6 Å². The van der Waals surface area contributed by atoms with Gasteiger partial charge in [-0.25, -0.2) is 4.98 Å². The minimum Gasteiger partial charge on any atom is -0.369 e. The number of halogens is 1. The average molecular weight is 410 g/mol. The van der Waals surface area contributed by atoms with Gasteiger partial charge in [0.1, 0.15) is 27.3 Å². The van der Waals surface area contributed by atoms with Crippen LogP contribution in [0.25, 0.3) is 5.82 Å². The first-order valence-corrected chi connectivity index (χ1v) is 10.8. The van der Waals surface area contributed by atoms with Crippen molar-refractivity contribution in [1.29, 1.82) is 0 Å². The predicted octanol–water partition coefficient (Wildman–Crippen LogP) is 0.346. The average Bonchev–Trinajstić information content (AvgIpc) is 3.28. The van der Waals surface area contributed by atoms with Crippen molar-refractivity contribution in [2.45, 2.75) is 63.0 Å². The van der Waals surface area contributed by atoms with Crippen molar-refractivity contribution in [2.75, 3.05) is 0 Å². The molecule has 1 aliphatic carbocycles. The molecular formula is C20H29B2FN6O. The number of nitrogens with one attached hydrogen (secondary N) is 2. The molecule has 0 spiro atoms. The predicted molar refractivity (Wildman–Crippen MR) is 119 cm³/mol. The number of hydrogen-bond donors (Lipinski definition) is 2. The number of fused-ring (bicyclic) bond motifs is 1. The molecule has 7 nitrogen and oxygen atoms in total. The Labute approximate surface area is 178 Å². The van der Waals surface area contributed by atoms with E-state index in [0.717, 1.165) is 55.9 Å². The van der Waals surface area contributed by atoms with Gasteiger partial charge < -0.3 is 10.6 Å². The number of hydrogen-bond acceptors (Lipinski definition) is 4. The lowest BCUT2D eigenvalue weighted by Crippen LogP contribution is -2.42. The lowest BCUT2D eigenvalue weighted by molar-refractivity contribution is 0.0924. The van der Waals surface area contributed by atoms with Crippen molar-refractivity contribution in [1.82, 2.24) is 30.0 Å². The smallest absolute Gasteiger partial charge is 0.254 e. The number of amides is 1. The van der Waals surface area contributed by atoms with Crippen LogP contribution in [0.15, 0.2) is 18.5 Å². The molecule has 0 radical (unpaired) electrons. The number of nitrogens with zero attached hydrogens (tertiary/aromatic N) is 4. The van der Waals surface area contributed by atoms with E-state index in [1.165, 1.54) is 0 Å². The summed E-state index contributed by atoms with van der Waals surface area (Å²) in [5.41, 5.74) is 0.547. The second-order valence-corrected chi connectivity index (χ2v) is 8.95. The third-order valence-electron chi connectivity index (χ3n) is 6.25. The van der Waals surface area contributed by atoms with E-state index < -0.39 is 5.47 Å². The maximum Gasteiger partial charge on any atom is 0.254 e. The van der Waals surface area contributed by atoms with Crippen LogP contribution < -0.4 is 10.6 Å². The molecule has 4 rings (SSSR count). The van der Waals surface area contributed by atoms with E-state index in [1.807, 2.05) is 24.7 Å². The molecule has 0 aromatic carbocycles. The quantitative estimate of drug-likeness (QED) is 0.698. The summed E-state index contributed by atoms with van der Waals surface area (Å²) in [6, 6.07) is 0.512. The summed E-state index contributed by atoms with van der Waals surface area (Å²) < 4.78 is 18.0. The Balaban J connectivity index is 1.33. The summed E-state index contributed by atoms with van der Waals surface area (Å²) >= 11 is 0. The fourth-order valence-electron chi connectivity index (χ4n) is 4.23. The largest absolute Gasteiger partial charge is 0.369 e. The summed E-state index contributed by atoms with van der Waals surface area (Å²) in [5, 5.41) is 10.9. The number of aromatic nitrogens is 4. The minimum atomic E-state index is -1.45. The first-order chi connectivity index (χ1) is 14.2. The Morgan fingerprint density at radius 3 is 2.60 bits per heavy atom. The van der Waals surface area contributed by atoms with Gasteiger partial charge in [-0.15, -0.1) is 0 Å². The zero-order valence-electron chi connectivity index (χ0n) is 18.2. The molecule has 0 bridgehead atoms. The molecule has 1 aliphatic heterocycles. The van der Waals surface area contributed by atoms with Crippen LogP contribution in [0, 0.1) is 6.92 Å². The molecule has 1 fully saturated rings. The number of carbonyl (C=O) groups excluding carboxylic acids is 1. The third-order valence-corrected chi connectivity index (χ3v) is 6.25. The first kappa shape index (κ1) is 20.8. The highest BCUT2D eigenvalue weighted by Gasteiger charge is 2.28. The minimum absolute atomic E-state index is 0.0450. The summed E-state index contributed by atoms with van der Waals surface area (Å²) in [7, 11) is 4.92. The van der Waals surface area contributed by atoms with Crippen molar-refractivity contribution < 1.29 is 9.18 Å². The second-order valence-electron chi connectivity index (χ2n) is 8.95. The standard InChI is InChI=1S/C20H29B2FN6O/c1-12-15(10-24-28(12)2)19(30)26-14-8-6-13(7-9-14)25-17-4-3-5-18-27-16(11-29(17)18)20(21,22)23/h4,10-11,13-14,25H,3,5-9,21-22H2,1-2H3,(H,26,30). The van der Waals surface area contributed by atoms with Crippen LogP contribution in [0.2, 0.25) is 0 Å². The molecule has 2 aromatic rings. The monoisotopic (exact) mass is 410 g/mol. The third kappa shape index (κ3) is 4.18. The summed E-state index contributed by atoms with van der Waals surface area (Å²) in [5.74, 6) is 1.86. The van der Waals surface area contributed by atoms with Gasteiger partial charge in [0.25, 0.3) is 5.91 Å². The van der Waals surface area contributed by atoms with E-state index >= 15 is 0 Å². The zero-order chi connectivity index (χ0) is 21.5. The SMILES string of the molecule is BC(B)(F)c1cn2c(n1)CCC=C2NC1CCC(NC(=O)c2cnn(C)c2C)CC1. The van der Waals surface area contributed by atoms with Crippen molar-refractivity contribution in [3.8, 4) is 0 Å². The highest BCUT2D eigenvalue weighted by atomic mass is 19.1. The Hall–Kier alpha value is -2.51. The van der Waals surface area contributed by atoms with E-state index in [2.05, 4.69) is 26.8 Å². The molecule has 10 heteroatoms. The van der Waals surface area contributed by atoms with Crippen LogP contribution in [0.3, 0.4) is 0 Å². The molecule has 30 heavy (non-hydrogen) atoms. The van der Waals surface area contributed by atoms with Gasteiger partial charge in [-0.05, 0) is 45.1 Å². The Bertz CT molecular complexity index is 969. The molecule has 2 aromatic heterocycles. The van der Waals surface area contributed by atoms with E-state index in [-0.39, 0.29) is 11.9 Å². The number of alkyl halides is 1. The number of carbonyl (C=O) groups is 1. The van der Waals surface area contributed by atoms with Crippen LogP contribution in [0.5, 0.6) is 0 Å². The highest BCUT2D eigenvalue weighted by molar-refractivity contribution is 6.38. The molecule has 1 amide bonds. The lowest BCUT2D eigenvalue weighted by atomic mass is 9.65. The molecule has 0 atom stereocenters. The molecule has 0 unspecified atom stereocenters. The topological polar surface area (TPSA) is 76.8 Å². The Morgan fingerprint density at radius 2 is 1.97 bits per heavy atom. The van der Waals surface area contributed by atoms with Crippen LogP contribution in [0.4, 0.5) is 4.39 Å². The van der Waals surface area contributed by atoms with Gasteiger partial charge in [0.05, 0.1) is 22.9 Å². The van der Waals surface area contributed by atoms with Crippen molar-refractivity contribution in [3.05, 3.63) is 41.2 Å². The second kappa shape index (κ2) is 7.96. The molecular weight excluding hydrogens is 381 g/mol. The van der Waals surface area contributed by atoms with Crippen LogP contribution in [-0.4, -0.2) is 53.0 Å². The van der Waals surface area contributed by atoms with E-state index in [0.29, 0.717) is 17.3 Å². The number of allylic oxidation sites excluding steroid dienone is 1. The summed E-state index contributed by atoms with van der Waals surface area (Å²) in [4.78, 5) is 17.0. The number of aryl methyl sites for hydroxylation is 2. The molecule has 2 aliphatic rings. The molecule has 1 saturated carbocycles. The van der Waals surface area contributed by atoms with Gasteiger partial charge >= 0.3 is 0 Å². The maximum atomic E-state index is 14.3. The first-order valence-electron chi connectivity index (χ1n) is 10.8. The van der Waals surface area contributed by atoms with Gasteiger partial charge in [-0.3, -0.25) is 18.4 Å². The Morgan fingerprint density at radius 1 is 1.27 bits per heavy atom. The van der Waals surface area contributed by atoms with Crippen LogP contribution in [0.1, 0.15) is 59.7 Å². The maximum absolute atomic E-state index is 14.3. The van der Waals surface area contributed by atoms with Crippen molar-refractivity contribution in [3.63, 3.8) is 0 Å². The molecule has 3 heterocycles. The van der Waals surface area contributed by atoms with Gasteiger partial charge in [-0.1, -0.05) is 0 Å². The van der Waals surface area contributed by atoms with E-state index in [4.69, 9.17) is 0 Å². The van der Waals surface area contributed by atoms with Crippen LogP contribution >= 0.6 is 0 Å². The van der Waals surface area contributed by atoms with Gasteiger partial charge in [0, 0.05) is 37.4 Å². The van der Waals surface area contributed by atoms with Crippen molar-refractivity contribution >= 4 is 27.4 Å². The number of rotatable bonds is 5. The zero-order valence-corrected chi connectivity index (χ0v) is 18.2. The summed E-state index contributed by atoms with van der Waals surface area (Å²) in [6.07, 6.45) is 11.1. The molecule has 158 valence electrons. The highest BCUT2D eigenvalue weighted by Crippen LogP contribution is 2.26. The van der Waals surface area contributed by atoms with Gasteiger partial charge in [0.15, 0.2) is 0 Å². The molecule has 2 N–H and O–H groups in total. The Kier molecular flexibility index (Phi) is 5.51. The van der Waals surface area contributed by atoms with E-state index in [9.17, 15) is 9.18 Å². The van der Waals surface area contributed by atoms with Gasteiger partial charge in [-0.2, -0.15) is 5.10 Å². The normalized spacial score (nSPS) is 21.6. The molecule has 0 saturated heterocycles.